The van der Waals surface area contributed by atoms with Crippen LogP contribution in [0.25, 0.3) is 0 Å². The SMILES string of the molecule is CC[C@H](C)NC(=O)[C@@H](Cc1ccccc1)N(Cc1ccc(F)cc1)C(=O)CN(c1ccccc1OC)S(C)(=O)=O. The molecule has 2 amide bonds. The van der Waals surface area contributed by atoms with E-state index in [1.165, 1.54) is 36.3 Å². The highest BCUT2D eigenvalue weighted by Gasteiger charge is 2.34. The number of ether oxygens (including phenoxy) is 1. The molecule has 0 spiro atoms. The summed E-state index contributed by atoms with van der Waals surface area (Å²) in [5, 5.41) is 2.97. The molecule has 2 atom stereocenters. The van der Waals surface area contributed by atoms with Crippen LogP contribution in [0.5, 0.6) is 5.75 Å². The normalized spacial score (nSPS) is 12.7. The van der Waals surface area contributed by atoms with Crippen molar-refractivity contribution in [2.45, 2.75) is 45.3 Å². The first-order valence-corrected chi connectivity index (χ1v) is 14.9. The number of carbonyl (C=O) groups excluding carboxylic acids is 2. The highest BCUT2D eigenvalue weighted by molar-refractivity contribution is 7.92. The summed E-state index contributed by atoms with van der Waals surface area (Å²) >= 11 is 0. The zero-order chi connectivity index (χ0) is 29.3. The average molecular weight is 570 g/mol. The van der Waals surface area contributed by atoms with E-state index in [1.54, 1.807) is 24.3 Å². The van der Waals surface area contributed by atoms with Gasteiger partial charge in [-0.2, -0.15) is 0 Å². The number of sulfonamides is 1. The fraction of sp³-hybridized carbons (Fsp3) is 0.333. The molecule has 3 aromatic rings. The summed E-state index contributed by atoms with van der Waals surface area (Å²) in [6, 6.07) is 20.3. The summed E-state index contributed by atoms with van der Waals surface area (Å²) < 4.78 is 45.8. The zero-order valence-electron chi connectivity index (χ0n) is 23.2. The Hall–Kier alpha value is -3.92. The first kappa shape index (κ1) is 30.6. The maximum Gasteiger partial charge on any atom is 0.244 e. The molecule has 0 fully saturated rings. The van der Waals surface area contributed by atoms with Crippen molar-refractivity contribution < 1.29 is 27.1 Å². The number of hydrogen-bond acceptors (Lipinski definition) is 5. The second kappa shape index (κ2) is 13.9. The second-order valence-corrected chi connectivity index (χ2v) is 11.5. The minimum atomic E-state index is -3.93. The predicted molar refractivity (Wildman–Crippen MR) is 154 cm³/mol. The van der Waals surface area contributed by atoms with Crippen molar-refractivity contribution in [3.05, 3.63) is 95.8 Å². The highest BCUT2D eigenvalue weighted by atomic mass is 32.2. The van der Waals surface area contributed by atoms with Gasteiger partial charge in [0.25, 0.3) is 0 Å². The van der Waals surface area contributed by atoms with Crippen LogP contribution in [-0.4, -0.2) is 57.1 Å². The van der Waals surface area contributed by atoms with Gasteiger partial charge >= 0.3 is 0 Å². The summed E-state index contributed by atoms with van der Waals surface area (Å²) in [5.74, 6) is -1.12. The molecule has 0 aliphatic carbocycles. The van der Waals surface area contributed by atoms with Gasteiger partial charge in [0.05, 0.1) is 19.1 Å². The fourth-order valence-corrected chi connectivity index (χ4v) is 5.07. The molecule has 3 aromatic carbocycles. The van der Waals surface area contributed by atoms with Gasteiger partial charge in [0, 0.05) is 19.0 Å². The van der Waals surface area contributed by atoms with Gasteiger partial charge in [-0.05, 0) is 48.7 Å². The molecule has 1 N–H and O–H groups in total. The minimum Gasteiger partial charge on any atom is -0.495 e. The van der Waals surface area contributed by atoms with Crippen molar-refractivity contribution in [3.63, 3.8) is 0 Å². The van der Waals surface area contributed by atoms with Gasteiger partial charge in [0.1, 0.15) is 24.2 Å². The van der Waals surface area contributed by atoms with E-state index in [0.29, 0.717) is 12.0 Å². The maximum atomic E-state index is 14.1. The summed E-state index contributed by atoms with van der Waals surface area (Å²) in [6.07, 6.45) is 1.89. The van der Waals surface area contributed by atoms with Crippen LogP contribution in [0.1, 0.15) is 31.4 Å². The molecule has 10 heteroatoms. The largest absolute Gasteiger partial charge is 0.495 e. The molecule has 0 heterocycles. The summed E-state index contributed by atoms with van der Waals surface area (Å²) in [5.41, 5.74) is 1.62. The lowest BCUT2D eigenvalue weighted by molar-refractivity contribution is -0.140. The Morgan fingerprint density at radius 3 is 2.17 bits per heavy atom. The number of nitrogens with zero attached hydrogens (tertiary/aromatic N) is 2. The molecule has 3 rings (SSSR count). The van der Waals surface area contributed by atoms with E-state index in [0.717, 1.165) is 16.1 Å². The van der Waals surface area contributed by atoms with E-state index < -0.39 is 34.3 Å². The topological polar surface area (TPSA) is 96.0 Å². The predicted octanol–water partition coefficient (Wildman–Crippen LogP) is 4.16. The summed E-state index contributed by atoms with van der Waals surface area (Å²) in [7, 11) is -2.52. The second-order valence-electron chi connectivity index (χ2n) is 9.61. The number of nitrogens with one attached hydrogen (secondary N) is 1. The Morgan fingerprint density at radius 1 is 0.950 bits per heavy atom. The summed E-state index contributed by atoms with van der Waals surface area (Å²) in [4.78, 5) is 29.1. The molecule has 8 nitrogen and oxygen atoms in total. The van der Waals surface area contributed by atoms with Gasteiger partial charge in [0.2, 0.25) is 21.8 Å². The van der Waals surface area contributed by atoms with Crippen LogP contribution in [0.15, 0.2) is 78.9 Å². The number of para-hydroxylation sites is 2. The van der Waals surface area contributed by atoms with Crippen molar-refractivity contribution in [1.82, 2.24) is 10.2 Å². The van der Waals surface area contributed by atoms with Gasteiger partial charge in [-0.15, -0.1) is 0 Å². The molecule has 0 aromatic heterocycles. The molecule has 214 valence electrons. The number of hydrogen-bond donors (Lipinski definition) is 1. The van der Waals surface area contributed by atoms with Crippen LogP contribution in [0.2, 0.25) is 0 Å². The molecule has 0 saturated heterocycles. The smallest absolute Gasteiger partial charge is 0.244 e. The third-order valence-corrected chi connectivity index (χ3v) is 7.70. The monoisotopic (exact) mass is 569 g/mol. The minimum absolute atomic E-state index is 0.0337. The van der Waals surface area contributed by atoms with E-state index in [-0.39, 0.29) is 36.4 Å². The molecule has 0 saturated carbocycles. The number of benzene rings is 3. The van der Waals surface area contributed by atoms with Crippen LogP contribution >= 0.6 is 0 Å². The van der Waals surface area contributed by atoms with Gasteiger partial charge in [0.15, 0.2) is 0 Å². The van der Waals surface area contributed by atoms with E-state index in [2.05, 4.69) is 5.32 Å². The average Bonchev–Trinajstić information content (AvgIpc) is 2.94. The number of halogens is 1. The highest BCUT2D eigenvalue weighted by Crippen LogP contribution is 2.30. The van der Waals surface area contributed by atoms with Crippen LogP contribution in [-0.2, 0) is 32.6 Å². The Bertz CT molecular complexity index is 1380. The zero-order valence-corrected chi connectivity index (χ0v) is 24.0. The van der Waals surface area contributed by atoms with Gasteiger partial charge in [-0.1, -0.05) is 61.5 Å². The number of methoxy groups -OCH3 is 1. The Morgan fingerprint density at radius 2 is 1.57 bits per heavy atom. The lowest BCUT2D eigenvalue weighted by Gasteiger charge is -2.34. The molecular weight excluding hydrogens is 533 g/mol. The standard InChI is InChI=1S/C30H36FN3O5S/c1-5-22(2)32-30(36)27(19-23-11-7-6-8-12-23)33(20-24-15-17-25(31)18-16-24)29(35)21-34(40(4,37)38)26-13-9-10-14-28(26)39-3/h6-18,22,27H,5,19-21H2,1-4H3,(H,32,36)/t22-,27+/m0/s1. The lowest BCUT2D eigenvalue weighted by Crippen LogP contribution is -2.54. The van der Waals surface area contributed by atoms with Gasteiger partial charge in [-0.3, -0.25) is 13.9 Å². The number of rotatable bonds is 13. The quantitative estimate of drug-likeness (QED) is 0.334. The van der Waals surface area contributed by atoms with Crippen molar-refractivity contribution >= 4 is 27.5 Å². The van der Waals surface area contributed by atoms with Crippen molar-refractivity contribution in [3.8, 4) is 5.75 Å². The van der Waals surface area contributed by atoms with E-state index in [1.807, 2.05) is 44.2 Å². The van der Waals surface area contributed by atoms with Crippen LogP contribution in [0.4, 0.5) is 10.1 Å². The first-order valence-electron chi connectivity index (χ1n) is 13.0. The van der Waals surface area contributed by atoms with Crippen LogP contribution < -0.4 is 14.4 Å². The number of amides is 2. The molecule has 0 aliphatic heterocycles. The molecule has 0 unspecified atom stereocenters. The van der Waals surface area contributed by atoms with E-state index in [4.69, 9.17) is 4.74 Å². The Kier molecular flexibility index (Phi) is 10.7. The molecule has 0 bridgehead atoms. The van der Waals surface area contributed by atoms with Gasteiger partial charge < -0.3 is 15.0 Å². The van der Waals surface area contributed by atoms with Crippen molar-refractivity contribution in [2.24, 2.45) is 0 Å². The van der Waals surface area contributed by atoms with Crippen LogP contribution in [0, 0.1) is 5.82 Å². The third-order valence-electron chi connectivity index (χ3n) is 6.57. The third kappa shape index (κ3) is 8.29. The Balaban J connectivity index is 2.07. The molecule has 40 heavy (non-hydrogen) atoms. The van der Waals surface area contributed by atoms with Crippen LogP contribution in [0.3, 0.4) is 0 Å². The van der Waals surface area contributed by atoms with Crippen molar-refractivity contribution in [2.75, 3.05) is 24.2 Å². The summed E-state index contributed by atoms with van der Waals surface area (Å²) in [6.45, 7) is 3.21. The number of anilines is 1. The first-order chi connectivity index (χ1) is 19.0. The Labute approximate surface area is 235 Å². The lowest BCUT2D eigenvalue weighted by atomic mass is 10.0. The molecule has 0 radical (unpaired) electrons. The molecule has 0 aliphatic rings. The van der Waals surface area contributed by atoms with E-state index >= 15 is 0 Å². The fourth-order valence-electron chi connectivity index (χ4n) is 4.21. The van der Waals surface area contributed by atoms with Crippen molar-refractivity contribution in [1.29, 1.82) is 0 Å². The van der Waals surface area contributed by atoms with Gasteiger partial charge in [-0.25, -0.2) is 12.8 Å². The maximum absolute atomic E-state index is 14.1. The molecular formula is C30H36FN3O5S. The van der Waals surface area contributed by atoms with E-state index in [9.17, 15) is 22.4 Å². The number of carbonyl (C=O) groups is 2.